The van der Waals surface area contributed by atoms with Gasteiger partial charge in [-0.25, -0.2) is 9.18 Å². The monoisotopic (exact) mass is 324 g/mol. The number of nitrogens with one attached hydrogen (secondary N) is 2. The lowest BCUT2D eigenvalue weighted by Crippen LogP contribution is -2.41. The van der Waals surface area contributed by atoms with Crippen LogP contribution in [0.3, 0.4) is 0 Å². The van der Waals surface area contributed by atoms with E-state index in [1.807, 2.05) is 33.8 Å². The van der Waals surface area contributed by atoms with E-state index in [0.29, 0.717) is 18.5 Å². The summed E-state index contributed by atoms with van der Waals surface area (Å²) in [4.78, 5) is 11.7. The molecule has 0 heterocycles. The van der Waals surface area contributed by atoms with Crippen LogP contribution in [-0.2, 0) is 11.2 Å². The van der Waals surface area contributed by atoms with E-state index in [1.54, 1.807) is 12.1 Å². The summed E-state index contributed by atoms with van der Waals surface area (Å²) in [5.74, 6) is -0.165. The summed E-state index contributed by atoms with van der Waals surface area (Å²) in [5.41, 5.74) is 0.222. The van der Waals surface area contributed by atoms with Crippen molar-refractivity contribution in [2.75, 3.05) is 6.54 Å². The number of halogens is 1. The number of ether oxygens (including phenoxy) is 1. The van der Waals surface area contributed by atoms with E-state index in [4.69, 9.17) is 4.74 Å². The minimum absolute atomic E-state index is 0.000751. The number of carbonyl (C=O) groups excluding carboxylic acids is 1. The van der Waals surface area contributed by atoms with E-state index >= 15 is 0 Å². The lowest BCUT2D eigenvalue weighted by Gasteiger charge is -2.23. The van der Waals surface area contributed by atoms with Crippen molar-refractivity contribution >= 4 is 6.09 Å². The maximum Gasteiger partial charge on any atom is 0.407 e. The van der Waals surface area contributed by atoms with Crippen LogP contribution in [0.5, 0.6) is 0 Å². The molecule has 0 aliphatic heterocycles. The normalized spacial score (nSPS) is 14.2. The second-order valence-corrected chi connectivity index (χ2v) is 6.98. The maximum absolute atomic E-state index is 13.5. The third-order valence-electron chi connectivity index (χ3n) is 3.32. The Morgan fingerprint density at radius 1 is 1.22 bits per heavy atom. The molecule has 1 aromatic rings. The van der Waals surface area contributed by atoms with Crippen molar-refractivity contribution in [1.82, 2.24) is 10.6 Å². The summed E-state index contributed by atoms with van der Waals surface area (Å²) in [7, 11) is 0. The van der Waals surface area contributed by atoms with E-state index in [1.165, 1.54) is 6.07 Å². The molecule has 0 aromatic heterocycles. The van der Waals surface area contributed by atoms with Gasteiger partial charge in [0.2, 0.25) is 0 Å². The van der Waals surface area contributed by atoms with Gasteiger partial charge in [0.25, 0.3) is 0 Å². The Labute approximate surface area is 138 Å². The third-order valence-corrected chi connectivity index (χ3v) is 3.32. The van der Waals surface area contributed by atoms with Crippen LogP contribution in [0, 0.1) is 5.82 Å². The lowest BCUT2D eigenvalue weighted by molar-refractivity contribution is 0.0504. The first-order chi connectivity index (χ1) is 10.7. The molecule has 2 atom stereocenters. The number of alkyl carbamates (subject to hydrolysis) is 1. The standard InChI is InChI=1S/C18H29FN2O2/c1-13(12-14(2)21-17(22)23-18(3,4)5)20-11-10-15-8-6-7-9-16(15)19/h6-9,13-14,20H,10-12H2,1-5H3,(H,21,22)/t13-,14+/m0/s1. The number of hydrogen-bond donors (Lipinski definition) is 2. The van der Waals surface area contributed by atoms with Crippen LogP contribution in [0.1, 0.15) is 46.6 Å². The highest BCUT2D eigenvalue weighted by atomic mass is 19.1. The molecule has 1 rings (SSSR count). The van der Waals surface area contributed by atoms with E-state index in [9.17, 15) is 9.18 Å². The Balaban J connectivity index is 2.26. The zero-order valence-corrected chi connectivity index (χ0v) is 14.8. The fraction of sp³-hybridized carbons (Fsp3) is 0.611. The van der Waals surface area contributed by atoms with Crippen molar-refractivity contribution in [2.45, 2.75) is 65.1 Å². The van der Waals surface area contributed by atoms with Gasteiger partial charge in [-0.3, -0.25) is 0 Å². The molecule has 0 aliphatic rings. The molecule has 0 fully saturated rings. The molecule has 0 bridgehead atoms. The summed E-state index contributed by atoms with van der Waals surface area (Å²) in [6.45, 7) is 10.2. The fourth-order valence-corrected chi connectivity index (χ4v) is 2.34. The molecular weight excluding hydrogens is 295 g/mol. The second kappa shape index (κ2) is 8.87. The van der Waals surface area contributed by atoms with Gasteiger partial charge in [0.05, 0.1) is 0 Å². The molecule has 2 N–H and O–H groups in total. The van der Waals surface area contributed by atoms with Crippen LogP contribution in [-0.4, -0.2) is 30.3 Å². The Kier molecular flexibility index (Phi) is 7.49. The smallest absolute Gasteiger partial charge is 0.407 e. The molecule has 0 saturated heterocycles. The summed E-state index contributed by atoms with van der Waals surface area (Å²) < 4.78 is 18.7. The van der Waals surface area contributed by atoms with E-state index in [0.717, 1.165) is 6.42 Å². The number of rotatable bonds is 7. The topological polar surface area (TPSA) is 50.4 Å². The SMILES string of the molecule is C[C@H](C[C@H](C)NCCc1ccccc1F)NC(=O)OC(C)(C)C. The molecule has 0 aliphatic carbocycles. The zero-order valence-electron chi connectivity index (χ0n) is 14.8. The summed E-state index contributed by atoms with van der Waals surface area (Å²) in [6, 6.07) is 7.03. The molecule has 5 heteroatoms. The van der Waals surface area contributed by atoms with Crippen LogP contribution < -0.4 is 10.6 Å². The van der Waals surface area contributed by atoms with Crippen molar-refractivity contribution in [3.63, 3.8) is 0 Å². The van der Waals surface area contributed by atoms with Gasteiger partial charge in [0, 0.05) is 12.1 Å². The molecular formula is C18H29FN2O2. The largest absolute Gasteiger partial charge is 0.444 e. The minimum atomic E-state index is -0.493. The number of amides is 1. The van der Waals surface area contributed by atoms with Crippen LogP contribution in [0.4, 0.5) is 9.18 Å². The molecule has 4 nitrogen and oxygen atoms in total. The van der Waals surface area contributed by atoms with Crippen LogP contribution in [0.2, 0.25) is 0 Å². The molecule has 23 heavy (non-hydrogen) atoms. The Morgan fingerprint density at radius 3 is 2.48 bits per heavy atom. The third kappa shape index (κ3) is 8.55. The number of hydrogen-bond acceptors (Lipinski definition) is 3. The molecule has 0 spiro atoms. The van der Waals surface area contributed by atoms with Gasteiger partial charge < -0.3 is 15.4 Å². The van der Waals surface area contributed by atoms with Gasteiger partial charge in [0.15, 0.2) is 0 Å². The maximum atomic E-state index is 13.5. The minimum Gasteiger partial charge on any atom is -0.444 e. The summed E-state index contributed by atoms with van der Waals surface area (Å²) in [6.07, 6.45) is 1.02. The van der Waals surface area contributed by atoms with E-state index < -0.39 is 11.7 Å². The average molecular weight is 324 g/mol. The van der Waals surface area contributed by atoms with Gasteiger partial charge in [-0.1, -0.05) is 18.2 Å². The second-order valence-electron chi connectivity index (χ2n) is 6.98. The molecule has 1 aromatic carbocycles. The highest BCUT2D eigenvalue weighted by molar-refractivity contribution is 5.68. The highest BCUT2D eigenvalue weighted by Gasteiger charge is 2.18. The number of benzene rings is 1. The predicted octanol–water partition coefficient (Wildman–Crippen LogP) is 3.65. The average Bonchev–Trinajstić information content (AvgIpc) is 2.38. The number of carbonyl (C=O) groups is 1. The summed E-state index contributed by atoms with van der Waals surface area (Å²) >= 11 is 0. The first-order valence-corrected chi connectivity index (χ1v) is 8.13. The van der Waals surface area contributed by atoms with Crippen molar-refractivity contribution < 1.29 is 13.9 Å². The van der Waals surface area contributed by atoms with Crippen molar-refractivity contribution in [3.8, 4) is 0 Å². The first-order valence-electron chi connectivity index (χ1n) is 8.13. The van der Waals surface area contributed by atoms with Gasteiger partial charge >= 0.3 is 6.09 Å². The molecule has 0 unspecified atom stereocenters. The van der Waals surface area contributed by atoms with Crippen LogP contribution >= 0.6 is 0 Å². The fourth-order valence-electron chi connectivity index (χ4n) is 2.34. The Hall–Kier alpha value is -1.62. The van der Waals surface area contributed by atoms with Crippen LogP contribution in [0.15, 0.2) is 24.3 Å². The Bertz CT molecular complexity index is 500. The molecule has 1 amide bonds. The van der Waals surface area contributed by atoms with E-state index in [2.05, 4.69) is 17.6 Å². The summed E-state index contributed by atoms with van der Waals surface area (Å²) in [5, 5.41) is 6.18. The Morgan fingerprint density at radius 2 is 1.87 bits per heavy atom. The quantitative estimate of drug-likeness (QED) is 0.805. The van der Waals surface area contributed by atoms with Crippen molar-refractivity contribution in [1.29, 1.82) is 0 Å². The molecule has 0 saturated carbocycles. The van der Waals surface area contributed by atoms with Crippen molar-refractivity contribution in [3.05, 3.63) is 35.6 Å². The predicted molar refractivity (Wildman–Crippen MR) is 91.0 cm³/mol. The highest BCUT2D eigenvalue weighted by Crippen LogP contribution is 2.08. The lowest BCUT2D eigenvalue weighted by atomic mass is 10.1. The van der Waals surface area contributed by atoms with Crippen LogP contribution in [0.25, 0.3) is 0 Å². The molecule has 130 valence electrons. The van der Waals surface area contributed by atoms with Gasteiger partial charge in [-0.15, -0.1) is 0 Å². The molecule has 0 radical (unpaired) electrons. The van der Waals surface area contributed by atoms with Crippen molar-refractivity contribution in [2.24, 2.45) is 0 Å². The van der Waals surface area contributed by atoms with Gasteiger partial charge in [-0.05, 0) is 65.6 Å². The zero-order chi connectivity index (χ0) is 17.5. The van der Waals surface area contributed by atoms with Gasteiger partial charge in [-0.2, -0.15) is 0 Å². The van der Waals surface area contributed by atoms with Gasteiger partial charge in [0.1, 0.15) is 11.4 Å². The first kappa shape index (κ1) is 19.4. The van der Waals surface area contributed by atoms with E-state index in [-0.39, 0.29) is 17.9 Å².